The van der Waals surface area contributed by atoms with E-state index in [-0.39, 0.29) is 16.9 Å². The maximum atomic E-state index is 14.0. The van der Waals surface area contributed by atoms with Gasteiger partial charge in [0.15, 0.2) is 0 Å². The van der Waals surface area contributed by atoms with Crippen LogP contribution in [0.1, 0.15) is 28.4 Å². The van der Waals surface area contributed by atoms with Crippen LogP contribution >= 0.6 is 22.9 Å². The smallest absolute Gasteiger partial charge is 0.145 e. The second-order valence-electron chi connectivity index (χ2n) is 4.31. The Morgan fingerprint density at radius 3 is 2.89 bits per heavy atom. The Kier molecular flexibility index (Phi) is 4.91. The summed E-state index contributed by atoms with van der Waals surface area (Å²) in [6, 6.07) is 5.20. The van der Waals surface area contributed by atoms with E-state index in [9.17, 15) is 4.39 Å². The van der Waals surface area contributed by atoms with E-state index >= 15 is 0 Å². The van der Waals surface area contributed by atoms with E-state index in [1.807, 2.05) is 20.0 Å². The molecule has 5 heteroatoms. The van der Waals surface area contributed by atoms with Gasteiger partial charge in [-0.3, -0.25) is 0 Å². The molecule has 0 saturated carbocycles. The highest BCUT2D eigenvalue weighted by atomic mass is 35.5. The van der Waals surface area contributed by atoms with Gasteiger partial charge in [-0.15, -0.1) is 11.3 Å². The fraction of sp³-hybridized carbons (Fsp3) is 0.357. The summed E-state index contributed by atoms with van der Waals surface area (Å²) in [6.45, 7) is 4.83. The number of rotatable bonds is 5. The second kappa shape index (κ2) is 6.46. The van der Waals surface area contributed by atoms with E-state index in [0.29, 0.717) is 12.0 Å². The van der Waals surface area contributed by atoms with Crippen LogP contribution < -0.4 is 5.32 Å². The number of halogens is 2. The summed E-state index contributed by atoms with van der Waals surface area (Å²) in [7, 11) is 0. The molecule has 0 spiro atoms. The third-order valence-corrected chi connectivity index (χ3v) is 4.21. The van der Waals surface area contributed by atoms with Gasteiger partial charge in [0.1, 0.15) is 5.82 Å². The minimum absolute atomic E-state index is 0.0733. The van der Waals surface area contributed by atoms with Gasteiger partial charge in [0.05, 0.1) is 10.0 Å². The summed E-state index contributed by atoms with van der Waals surface area (Å²) < 4.78 is 14.0. The number of aryl methyl sites for hydroxylation is 1. The van der Waals surface area contributed by atoms with Gasteiger partial charge < -0.3 is 5.32 Å². The summed E-state index contributed by atoms with van der Waals surface area (Å²) in [5.41, 5.74) is 0.629. The van der Waals surface area contributed by atoms with Crippen LogP contribution in [0.4, 0.5) is 4.39 Å². The molecule has 0 saturated heterocycles. The van der Waals surface area contributed by atoms with E-state index < -0.39 is 0 Å². The Labute approximate surface area is 121 Å². The van der Waals surface area contributed by atoms with Crippen LogP contribution in [0.3, 0.4) is 0 Å². The van der Waals surface area contributed by atoms with Crippen molar-refractivity contribution in [3.05, 3.63) is 50.7 Å². The van der Waals surface area contributed by atoms with Crippen LogP contribution in [0, 0.1) is 12.7 Å². The molecule has 2 rings (SSSR count). The summed E-state index contributed by atoms with van der Waals surface area (Å²) >= 11 is 7.46. The molecule has 1 heterocycles. The first-order chi connectivity index (χ1) is 9.11. The van der Waals surface area contributed by atoms with Crippen molar-refractivity contribution >= 4 is 22.9 Å². The molecule has 2 aromatic rings. The molecule has 0 aliphatic carbocycles. The monoisotopic (exact) mass is 298 g/mol. The van der Waals surface area contributed by atoms with E-state index in [1.165, 1.54) is 0 Å². The highest BCUT2D eigenvalue weighted by Crippen LogP contribution is 2.26. The molecule has 0 amide bonds. The van der Waals surface area contributed by atoms with Crippen molar-refractivity contribution < 1.29 is 4.39 Å². The molecule has 0 fully saturated rings. The first-order valence-electron chi connectivity index (χ1n) is 6.20. The predicted octanol–water partition coefficient (Wildman–Crippen LogP) is 4.14. The SMILES string of the molecule is CCNC(Cc1cccc(Cl)c1F)c1cnc(C)s1. The van der Waals surface area contributed by atoms with E-state index in [0.717, 1.165) is 16.4 Å². The number of nitrogens with one attached hydrogen (secondary N) is 1. The fourth-order valence-electron chi connectivity index (χ4n) is 1.98. The number of thiazole rings is 1. The Morgan fingerprint density at radius 2 is 2.26 bits per heavy atom. The highest BCUT2D eigenvalue weighted by Gasteiger charge is 2.16. The fourth-order valence-corrected chi connectivity index (χ4v) is 3.04. The molecule has 1 aromatic heterocycles. The van der Waals surface area contributed by atoms with E-state index in [2.05, 4.69) is 10.3 Å². The summed E-state index contributed by atoms with van der Waals surface area (Å²) in [4.78, 5) is 5.38. The van der Waals surface area contributed by atoms with Gasteiger partial charge in [-0.05, 0) is 31.5 Å². The zero-order valence-electron chi connectivity index (χ0n) is 10.9. The van der Waals surface area contributed by atoms with Crippen molar-refractivity contribution in [2.24, 2.45) is 0 Å². The lowest BCUT2D eigenvalue weighted by Crippen LogP contribution is -2.22. The molecule has 0 bridgehead atoms. The number of nitrogens with zero attached hydrogens (tertiary/aromatic N) is 1. The zero-order chi connectivity index (χ0) is 13.8. The van der Waals surface area contributed by atoms with Crippen molar-refractivity contribution in [2.75, 3.05) is 6.54 Å². The molecule has 2 nitrogen and oxygen atoms in total. The number of aromatic nitrogens is 1. The first kappa shape index (κ1) is 14.4. The molecule has 1 unspecified atom stereocenters. The predicted molar refractivity (Wildman–Crippen MR) is 78.4 cm³/mol. The highest BCUT2D eigenvalue weighted by molar-refractivity contribution is 7.11. The minimum Gasteiger partial charge on any atom is -0.309 e. The largest absolute Gasteiger partial charge is 0.309 e. The average Bonchev–Trinajstić information content (AvgIpc) is 2.81. The van der Waals surface area contributed by atoms with Crippen molar-refractivity contribution in [3.8, 4) is 0 Å². The molecule has 102 valence electrons. The molecule has 1 aromatic carbocycles. The van der Waals surface area contributed by atoms with Crippen LogP contribution in [0.15, 0.2) is 24.4 Å². The van der Waals surface area contributed by atoms with Crippen molar-refractivity contribution in [1.82, 2.24) is 10.3 Å². The second-order valence-corrected chi connectivity index (χ2v) is 5.98. The van der Waals surface area contributed by atoms with Crippen molar-refractivity contribution in [3.63, 3.8) is 0 Å². The average molecular weight is 299 g/mol. The maximum absolute atomic E-state index is 14.0. The Balaban J connectivity index is 2.23. The standard InChI is InChI=1S/C14H16ClFN2S/c1-3-17-12(13-8-18-9(2)19-13)7-10-5-4-6-11(15)14(10)16/h4-6,8,12,17H,3,7H2,1-2H3. The summed E-state index contributed by atoms with van der Waals surface area (Å²) in [5.74, 6) is -0.326. The Morgan fingerprint density at radius 1 is 1.47 bits per heavy atom. The van der Waals surface area contributed by atoms with Crippen LogP contribution in [0.2, 0.25) is 5.02 Å². The van der Waals surface area contributed by atoms with Crippen LogP contribution in [0.5, 0.6) is 0 Å². The van der Waals surface area contributed by atoms with Crippen LogP contribution in [-0.4, -0.2) is 11.5 Å². The summed E-state index contributed by atoms with van der Waals surface area (Å²) in [5, 5.41) is 4.56. The Hall–Kier alpha value is -0.970. The number of benzene rings is 1. The molecule has 0 radical (unpaired) electrons. The van der Waals surface area contributed by atoms with Crippen LogP contribution in [0.25, 0.3) is 0 Å². The molecule has 0 aliphatic heterocycles. The van der Waals surface area contributed by atoms with Gasteiger partial charge in [0, 0.05) is 17.1 Å². The van der Waals surface area contributed by atoms with E-state index in [1.54, 1.807) is 29.5 Å². The van der Waals surface area contributed by atoms with Crippen molar-refractivity contribution in [2.45, 2.75) is 26.3 Å². The van der Waals surface area contributed by atoms with Gasteiger partial charge >= 0.3 is 0 Å². The lowest BCUT2D eigenvalue weighted by atomic mass is 10.0. The van der Waals surface area contributed by atoms with Gasteiger partial charge in [-0.1, -0.05) is 30.7 Å². The number of hydrogen-bond acceptors (Lipinski definition) is 3. The third kappa shape index (κ3) is 3.53. The third-order valence-electron chi connectivity index (χ3n) is 2.89. The van der Waals surface area contributed by atoms with E-state index in [4.69, 9.17) is 11.6 Å². The van der Waals surface area contributed by atoms with Gasteiger partial charge in [-0.2, -0.15) is 0 Å². The molecule has 1 N–H and O–H groups in total. The molecular weight excluding hydrogens is 283 g/mol. The maximum Gasteiger partial charge on any atom is 0.145 e. The van der Waals surface area contributed by atoms with Gasteiger partial charge in [0.25, 0.3) is 0 Å². The number of hydrogen-bond donors (Lipinski definition) is 1. The van der Waals surface area contributed by atoms with Gasteiger partial charge in [-0.25, -0.2) is 9.37 Å². The molecule has 1 atom stereocenters. The summed E-state index contributed by atoms with van der Waals surface area (Å²) in [6.07, 6.45) is 2.43. The quantitative estimate of drug-likeness (QED) is 0.897. The topological polar surface area (TPSA) is 24.9 Å². The normalized spacial score (nSPS) is 12.6. The Bertz CT molecular complexity index is 556. The lowest BCUT2D eigenvalue weighted by Gasteiger charge is -2.16. The van der Waals surface area contributed by atoms with Crippen molar-refractivity contribution in [1.29, 1.82) is 0 Å². The van der Waals surface area contributed by atoms with Crippen LogP contribution in [-0.2, 0) is 6.42 Å². The first-order valence-corrected chi connectivity index (χ1v) is 7.39. The molecule has 0 aliphatic rings. The molecule has 19 heavy (non-hydrogen) atoms. The zero-order valence-corrected chi connectivity index (χ0v) is 12.5. The minimum atomic E-state index is -0.326. The number of likely N-dealkylation sites (N-methyl/N-ethyl adjacent to an activating group) is 1. The lowest BCUT2D eigenvalue weighted by molar-refractivity contribution is 0.534. The molecular formula is C14H16ClFN2S. The van der Waals surface area contributed by atoms with Gasteiger partial charge in [0.2, 0.25) is 0 Å².